The van der Waals surface area contributed by atoms with Gasteiger partial charge in [-0.15, -0.1) is 5.10 Å². The molecule has 4 nitrogen and oxygen atoms in total. The average molecular weight is 336 g/mol. The molecule has 1 fully saturated rings. The third kappa shape index (κ3) is 3.74. The predicted octanol–water partition coefficient (Wildman–Crippen LogP) is 3.06. The molecule has 1 aromatic carbocycles. The van der Waals surface area contributed by atoms with Crippen LogP contribution in [0.3, 0.4) is 0 Å². The number of quaternary nitrogens is 1. The van der Waals surface area contributed by atoms with Crippen molar-refractivity contribution in [2.75, 3.05) is 18.4 Å². The number of aromatic nitrogens is 2. The van der Waals surface area contributed by atoms with Gasteiger partial charge in [-0.05, 0) is 57.0 Å². The summed E-state index contributed by atoms with van der Waals surface area (Å²) in [4.78, 5) is 1.59. The highest BCUT2D eigenvalue weighted by Gasteiger charge is 2.15. The monoisotopic (exact) mass is 335 g/mol. The van der Waals surface area contributed by atoms with Crippen LogP contribution in [0.1, 0.15) is 30.4 Å². The molecule has 2 N–H and O–H groups in total. The Morgan fingerprint density at radius 1 is 1.27 bits per heavy atom. The van der Waals surface area contributed by atoms with E-state index in [1.165, 1.54) is 43.5 Å². The summed E-state index contributed by atoms with van der Waals surface area (Å²) < 4.78 is 2.83. The first-order chi connectivity index (χ1) is 10.6. The number of aryl methyl sites for hydroxylation is 2. The molecule has 1 saturated heterocycles. The summed E-state index contributed by atoms with van der Waals surface area (Å²) in [6.07, 6.45) is 4.01. The zero-order chi connectivity index (χ0) is 15.5. The highest BCUT2D eigenvalue weighted by Crippen LogP contribution is 2.23. The van der Waals surface area contributed by atoms with E-state index in [4.69, 9.17) is 12.2 Å². The summed E-state index contributed by atoms with van der Waals surface area (Å²) in [5.74, 6) is 0. The van der Waals surface area contributed by atoms with E-state index in [1.54, 1.807) is 16.2 Å². The molecule has 1 aliphatic heterocycles. The van der Waals surface area contributed by atoms with Gasteiger partial charge in [0, 0.05) is 5.69 Å². The molecule has 2 heterocycles. The zero-order valence-electron chi connectivity index (χ0n) is 13.2. The van der Waals surface area contributed by atoms with Crippen molar-refractivity contribution in [2.45, 2.75) is 39.8 Å². The van der Waals surface area contributed by atoms with Gasteiger partial charge < -0.3 is 10.2 Å². The summed E-state index contributed by atoms with van der Waals surface area (Å²) in [5.41, 5.74) is 3.61. The van der Waals surface area contributed by atoms with E-state index in [1.807, 2.05) is 4.68 Å². The normalized spacial score (nSPS) is 15.9. The maximum absolute atomic E-state index is 5.48. The number of hydrogen-bond acceptors (Lipinski definition) is 4. The first-order valence-corrected chi connectivity index (χ1v) is 9.10. The van der Waals surface area contributed by atoms with Gasteiger partial charge >= 0.3 is 0 Å². The summed E-state index contributed by atoms with van der Waals surface area (Å²) in [7, 11) is 0. The first-order valence-electron chi connectivity index (χ1n) is 7.87. The van der Waals surface area contributed by atoms with Crippen LogP contribution in [0.4, 0.5) is 10.8 Å². The molecule has 0 amide bonds. The van der Waals surface area contributed by atoms with E-state index in [0.717, 1.165) is 21.4 Å². The second kappa shape index (κ2) is 6.89. The van der Waals surface area contributed by atoms with Crippen molar-refractivity contribution in [1.82, 2.24) is 9.78 Å². The second-order valence-electron chi connectivity index (χ2n) is 6.08. The Labute approximate surface area is 140 Å². The van der Waals surface area contributed by atoms with E-state index in [2.05, 4.69) is 42.5 Å². The summed E-state index contributed by atoms with van der Waals surface area (Å²) in [6.45, 7) is 7.59. The zero-order valence-corrected chi connectivity index (χ0v) is 14.8. The van der Waals surface area contributed by atoms with Gasteiger partial charge in [-0.25, -0.2) is 0 Å². The maximum Gasteiger partial charge on any atom is 0.209 e. The van der Waals surface area contributed by atoms with E-state index in [-0.39, 0.29) is 0 Å². The molecular formula is C16H23N4S2+. The lowest BCUT2D eigenvalue weighted by atomic mass is 10.1. The topological polar surface area (TPSA) is 34.3 Å². The van der Waals surface area contributed by atoms with Crippen molar-refractivity contribution < 1.29 is 4.90 Å². The summed E-state index contributed by atoms with van der Waals surface area (Å²) in [6, 6.07) is 6.40. The van der Waals surface area contributed by atoms with Crippen LogP contribution in [0.15, 0.2) is 18.2 Å². The summed E-state index contributed by atoms with van der Waals surface area (Å²) >= 11 is 7.03. The molecule has 118 valence electrons. The quantitative estimate of drug-likeness (QED) is 0.843. The van der Waals surface area contributed by atoms with E-state index < -0.39 is 0 Å². The van der Waals surface area contributed by atoms with Gasteiger partial charge in [-0.3, -0.25) is 0 Å². The molecule has 0 spiro atoms. The standard InChI is InChI=1S/C16H22N4S2/c1-12-6-7-14(13(2)10-12)17-15-18-20(16(21)22-15)11-19-8-4-3-5-9-19/h6-7,10H,3-5,8-9,11H2,1-2H3,(H,17,18)/p+1. The van der Waals surface area contributed by atoms with E-state index >= 15 is 0 Å². The number of hydrogen-bond donors (Lipinski definition) is 2. The average Bonchev–Trinajstić information content (AvgIpc) is 2.83. The van der Waals surface area contributed by atoms with Gasteiger partial charge in [0.05, 0.1) is 13.1 Å². The smallest absolute Gasteiger partial charge is 0.209 e. The van der Waals surface area contributed by atoms with E-state index in [0.29, 0.717) is 0 Å². The van der Waals surface area contributed by atoms with Gasteiger partial charge in [0.15, 0.2) is 10.6 Å². The lowest BCUT2D eigenvalue weighted by Crippen LogP contribution is -3.12. The van der Waals surface area contributed by atoms with Gasteiger partial charge in [-0.2, -0.15) is 4.68 Å². The van der Waals surface area contributed by atoms with Crippen molar-refractivity contribution in [3.05, 3.63) is 33.3 Å². The number of likely N-dealkylation sites (tertiary alicyclic amines) is 1. The van der Waals surface area contributed by atoms with Gasteiger partial charge in [0.25, 0.3) is 0 Å². The fraction of sp³-hybridized carbons (Fsp3) is 0.500. The van der Waals surface area contributed by atoms with Crippen LogP contribution in [0.5, 0.6) is 0 Å². The van der Waals surface area contributed by atoms with Crippen molar-refractivity contribution in [3.63, 3.8) is 0 Å². The Bertz CT molecular complexity index is 698. The molecular weight excluding hydrogens is 312 g/mol. The molecule has 6 heteroatoms. The highest BCUT2D eigenvalue weighted by atomic mass is 32.1. The minimum atomic E-state index is 0.852. The second-order valence-corrected chi connectivity index (χ2v) is 7.71. The molecule has 22 heavy (non-hydrogen) atoms. The SMILES string of the molecule is Cc1ccc(Nc2nn(C[NH+]3CCCCC3)c(=S)s2)c(C)c1. The minimum Gasteiger partial charge on any atom is -0.330 e. The van der Waals surface area contributed by atoms with Crippen molar-refractivity contribution >= 4 is 34.4 Å². The molecule has 0 aliphatic carbocycles. The molecule has 0 radical (unpaired) electrons. The third-order valence-electron chi connectivity index (χ3n) is 4.16. The number of piperidine rings is 1. The molecule has 0 atom stereocenters. The number of rotatable bonds is 4. The van der Waals surface area contributed by atoms with Crippen LogP contribution in [0.25, 0.3) is 0 Å². The largest absolute Gasteiger partial charge is 0.330 e. The molecule has 0 bridgehead atoms. The fourth-order valence-corrected chi connectivity index (χ4v) is 3.97. The molecule has 1 aliphatic rings. The van der Waals surface area contributed by atoms with Crippen LogP contribution in [-0.4, -0.2) is 22.9 Å². The Morgan fingerprint density at radius 2 is 2.05 bits per heavy atom. The lowest BCUT2D eigenvalue weighted by Gasteiger charge is -2.22. The van der Waals surface area contributed by atoms with Crippen LogP contribution < -0.4 is 10.2 Å². The van der Waals surface area contributed by atoms with Gasteiger partial charge in [-0.1, -0.05) is 29.0 Å². The Kier molecular flexibility index (Phi) is 4.90. The maximum atomic E-state index is 5.48. The number of anilines is 2. The molecule has 0 saturated carbocycles. The van der Waals surface area contributed by atoms with Crippen LogP contribution in [0, 0.1) is 17.8 Å². The first kappa shape index (κ1) is 15.6. The number of nitrogens with zero attached hydrogens (tertiary/aromatic N) is 2. The van der Waals surface area contributed by atoms with E-state index in [9.17, 15) is 0 Å². The number of nitrogens with one attached hydrogen (secondary N) is 2. The van der Waals surface area contributed by atoms with Crippen molar-refractivity contribution in [3.8, 4) is 0 Å². The molecule has 2 aromatic rings. The van der Waals surface area contributed by atoms with Crippen LogP contribution in [0.2, 0.25) is 0 Å². The predicted molar refractivity (Wildman–Crippen MR) is 94.7 cm³/mol. The van der Waals surface area contributed by atoms with Crippen LogP contribution >= 0.6 is 23.6 Å². The van der Waals surface area contributed by atoms with Crippen LogP contribution in [-0.2, 0) is 6.67 Å². The molecule has 1 aromatic heterocycles. The van der Waals surface area contributed by atoms with Crippen molar-refractivity contribution in [2.24, 2.45) is 0 Å². The van der Waals surface area contributed by atoms with Gasteiger partial charge in [0.1, 0.15) is 0 Å². The van der Waals surface area contributed by atoms with Crippen molar-refractivity contribution in [1.29, 1.82) is 0 Å². The molecule has 3 rings (SSSR count). The Hall–Kier alpha value is -1.24. The minimum absolute atomic E-state index is 0.852. The number of benzene rings is 1. The molecule has 0 unspecified atom stereocenters. The Morgan fingerprint density at radius 3 is 2.77 bits per heavy atom. The summed E-state index contributed by atoms with van der Waals surface area (Å²) in [5, 5.41) is 8.95. The Balaban J connectivity index is 1.72. The van der Waals surface area contributed by atoms with Gasteiger partial charge in [0.2, 0.25) is 5.13 Å². The highest BCUT2D eigenvalue weighted by molar-refractivity contribution is 7.73. The fourth-order valence-electron chi connectivity index (χ4n) is 2.95. The third-order valence-corrected chi connectivity index (χ3v) is 5.39. The lowest BCUT2D eigenvalue weighted by molar-refractivity contribution is -0.928.